The lowest BCUT2D eigenvalue weighted by Gasteiger charge is -2.13. The first-order valence-corrected chi connectivity index (χ1v) is 10.9. The zero-order chi connectivity index (χ0) is 23.8. The molecule has 0 atom stereocenters. The van der Waals surface area contributed by atoms with Gasteiger partial charge in [0.2, 0.25) is 11.8 Å². The highest BCUT2D eigenvalue weighted by Crippen LogP contribution is 2.25. The smallest absolute Gasteiger partial charge is 0.248 e. The van der Waals surface area contributed by atoms with Crippen LogP contribution in [0.1, 0.15) is 39.3 Å². The average Bonchev–Trinajstić information content (AvgIpc) is 2.81. The second kappa shape index (κ2) is 11.2. The molecule has 170 valence electrons. The highest BCUT2D eigenvalue weighted by atomic mass is 35.5. The summed E-state index contributed by atoms with van der Waals surface area (Å²) in [4.78, 5) is 31.9. The molecule has 0 bridgehead atoms. The molecule has 0 aliphatic heterocycles. The van der Waals surface area contributed by atoms with Gasteiger partial charge in [-0.2, -0.15) is 0 Å². The molecule has 2 aromatic carbocycles. The second-order valence-electron chi connectivity index (χ2n) is 7.55. The summed E-state index contributed by atoms with van der Waals surface area (Å²) < 4.78 is 0. The maximum Gasteiger partial charge on any atom is 0.248 e. The van der Waals surface area contributed by atoms with Gasteiger partial charge < -0.3 is 16.4 Å². The molecule has 1 aromatic heterocycles. The van der Waals surface area contributed by atoms with E-state index in [0.717, 1.165) is 35.2 Å². The van der Waals surface area contributed by atoms with E-state index >= 15 is 0 Å². The number of rotatable bonds is 10. The van der Waals surface area contributed by atoms with E-state index in [9.17, 15) is 9.59 Å². The van der Waals surface area contributed by atoms with Crippen LogP contribution in [0.15, 0.2) is 61.3 Å². The molecule has 3 aromatic rings. The molecule has 3 rings (SSSR count). The molecule has 4 N–H and O–H groups in total. The number of carbonyl (C=O) groups is 2. The minimum Gasteiger partial charge on any atom is -0.366 e. The molecule has 8 heteroatoms. The topological polar surface area (TPSA) is 110 Å². The summed E-state index contributed by atoms with van der Waals surface area (Å²) in [5, 5.41) is 6.41. The van der Waals surface area contributed by atoms with Crippen LogP contribution in [0.2, 0.25) is 5.02 Å². The van der Waals surface area contributed by atoms with E-state index in [1.165, 1.54) is 6.08 Å². The van der Waals surface area contributed by atoms with Gasteiger partial charge in [0.05, 0.1) is 6.20 Å². The van der Waals surface area contributed by atoms with E-state index in [1.807, 2.05) is 43.3 Å². The number of nitrogens with two attached hydrogens (primary N) is 1. The van der Waals surface area contributed by atoms with E-state index in [0.29, 0.717) is 35.2 Å². The fourth-order valence-corrected chi connectivity index (χ4v) is 3.46. The quantitative estimate of drug-likeness (QED) is 0.389. The summed E-state index contributed by atoms with van der Waals surface area (Å²) in [6.45, 7) is 5.81. The van der Waals surface area contributed by atoms with Crippen LogP contribution in [0, 0.1) is 6.92 Å². The van der Waals surface area contributed by atoms with E-state index < -0.39 is 5.91 Å². The summed E-state index contributed by atoms with van der Waals surface area (Å²) in [5.41, 5.74) is 9.76. The molecule has 0 aliphatic rings. The molecule has 0 radical (unpaired) electrons. The number of aromatic nitrogens is 2. The summed E-state index contributed by atoms with van der Waals surface area (Å²) in [5.74, 6) is 0.472. The van der Waals surface area contributed by atoms with Crippen LogP contribution in [-0.4, -0.2) is 21.8 Å². The molecular weight excluding hydrogens is 438 g/mol. The standard InChI is InChI=1S/C25H26ClN5O2/c1-3-23(32)29-14-19-7-4-5-9-21(19)30-25-20(26)15-28-22(31-25)10-6-8-17-13-18(24(27)33)12-11-16(17)2/h3-5,7,9,11-13,15H,1,6,8,10,14H2,2H3,(H2,27,33)(H,29,32)(H,28,30,31). The van der Waals surface area contributed by atoms with Crippen molar-refractivity contribution in [2.45, 2.75) is 32.7 Å². The number of amides is 2. The van der Waals surface area contributed by atoms with Crippen molar-refractivity contribution in [2.24, 2.45) is 5.73 Å². The number of hydrogen-bond donors (Lipinski definition) is 3. The molecule has 7 nitrogen and oxygen atoms in total. The van der Waals surface area contributed by atoms with Crippen LogP contribution in [0.25, 0.3) is 0 Å². The van der Waals surface area contributed by atoms with Gasteiger partial charge in [-0.05, 0) is 60.7 Å². The summed E-state index contributed by atoms with van der Waals surface area (Å²) in [7, 11) is 0. The predicted octanol–water partition coefficient (Wildman–Crippen LogP) is 4.26. The number of nitrogens with one attached hydrogen (secondary N) is 2. The van der Waals surface area contributed by atoms with Crippen LogP contribution in [0.4, 0.5) is 11.5 Å². The molecule has 0 saturated carbocycles. The van der Waals surface area contributed by atoms with Crippen LogP contribution in [-0.2, 0) is 24.2 Å². The monoisotopic (exact) mass is 463 g/mol. The van der Waals surface area contributed by atoms with Crippen molar-refractivity contribution >= 4 is 34.9 Å². The van der Waals surface area contributed by atoms with E-state index in [-0.39, 0.29) is 5.91 Å². The number of aryl methyl sites for hydroxylation is 3. The number of nitrogens with zero attached hydrogens (tertiary/aromatic N) is 2. The van der Waals surface area contributed by atoms with Gasteiger partial charge in [0.1, 0.15) is 10.8 Å². The molecular formula is C25H26ClN5O2. The third kappa shape index (κ3) is 6.63. The first-order valence-electron chi connectivity index (χ1n) is 10.5. The van der Waals surface area contributed by atoms with E-state index in [4.69, 9.17) is 17.3 Å². The van der Waals surface area contributed by atoms with Crippen LogP contribution in [0.5, 0.6) is 0 Å². The van der Waals surface area contributed by atoms with Crippen LogP contribution < -0.4 is 16.4 Å². The lowest BCUT2D eigenvalue weighted by atomic mass is 10.00. The molecule has 0 unspecified atom stereocenters. The van der Waals surface area contributed by atoms with Crippen LogP contribution >= 0.6 is 11.6 Å². The van der Waals surface area contributed by atoms with Crippen molar-refractivity contribution in [1.82, 2.24) is 15.3 Å². The molecule has 0 spiro atoms. The van der Waals surface area contributed by atoms with Gasteiger partial charge in [0.15, 0.2) is 5.82 Å². The Bertz CT molecular complexity index is 1180. The van der Waals surface area contributed by atoms with Crippen molar-refractivity contribution in [1.29, 1.82) is 0 Å². The first-order chi connectivity index (χ1) is 15.9. The normalized spacial score (nSPS) is 10.5. The van der Waals surface area contributed by atoms with Gasteiger partial charge >= 0.3 is 0 Å². The highest BCUT2D eigenvalue weighted by Gasteiger charge is 2.10. The molecule has 2 amide bonds. The van der Waals surface area contributed by atoms with Crippen molar-refractivity contribution in [3.63, 3.8) is 0 Å². The second-order valence-corrected chi connectivity index (χ2v) is 7.95. The van der Waals surface area contributed by atoms with Crippen molar-refractivity contribution in [3.05, 3.63) is 94.4 Å². The fraction of sp³-hybridized carbons (Fsp3) is 0.200. The molecule has 0 aliphatic carbocycles. The molecule has 33 heavy (non-hydrogen) atoms. The summed E-state index contributed by atoms with van der Waals surface area (Å²) in [6, 6.07) is 13.1. The average molecular weight is 464 g/mol. The highest BCUT2D eigenvalue weighted by molar-refractivity contribution is 6.32. The van der Waals surface area contributed by atoms with Crippen molar-refractivity contribution < 1.29 is 9.59 Å². The lowest BCUT2D eigenvalue weighted by Crippen LogP contribution is -2.20. The number of benzene rings is 2. The Hall–Kier alpha value is -3.71. The third-order valence-electron chi connectivity index (χ3n) is 5.18. The maximum atomic E-state index is 11.5. The Morgan fingerprint density at radius 2 is 1.94 bits per heavy atom. The zero-order valence-corrected chi connectivity index (χ0v) is 19.2. The Morgan fingerprint density at radius 1 is 1.15 bits per heavy atom. The van der Waals surface area contributed by atoms with Gasteiger partial charge in [0.25, 0.3) is 0 Å². The maximum absolute atomic E-state index is 11.5. The van der Waals surface area contributed by atoms with Gasteiger partial charge in [0, 0.05) is 24.2 Å². The number of hydrogen-bond acceptors (Lipinski definition) is 5. The Morgan fingerprint density at radius 3 is 2.70 bits per heavy atom. The van der Waals surface area contributed by atoms with Gasteiger partial charge in [-0.3, -0.25) is 9.59 Å². The minimum atomic E-state index is -0.433. The zero-order valence-electron chi connectivity index (χ0n) is 18.4. The summed E-state index contributed by atoms with van der Waals surface area (Å²) in [6.07, 6.45) is 5.02. The Kier molecular flexibility index (Phi) is 8.16. The van der Waals surface area contributed by atoms with E-state index in [1.54, 1.807) is 12.3 Å². The molecule has 0 saturated heterocycles. The SMILES string of the molecule is C=CC(=O)NCc1ccccc1Nc1nc(CCCc2cc(C(N)=O)ccc2C)ncc1Cl. The number of carbonyl (C=O) groups excluding carboxylic acids is 2. The van der Waals surface area contributed by atoms with Gasteiger partial charge in [-0.25, -0.2) is 9.97 Å². The van der Waals surface area contributed by atoms with E-state index in [2.05, 4.69) is 27.2 Å². The van der Waals surface area contributed by atoms with Crippen molar-refractivity contribution in [3.8, 4) is 0 Å². The number of para-hydroxylation sites is 1. The molecule has 1 heterocycles. The first kappa shape index (κ1) is 23.9. The number of primary amides is 1. The Labute approximate surface area is 198 Å². The summed E-state index contributed by atoms with van der Waals surface area (Å²) >= 11 is 6.33. The van der Waals surface area contributed by atoms with Gasteiger partial charge in [-0.15, -0.1) is 0 Å². The van der Waals surface area contributed by atoms with Crippen molar-refractivity contribution in [2.75, 3.05) is 5.32 Å². The lowest BCUT2D eigenvalue weighted by molar-refractivity contribution is -0.116. The number of anilines is 2. The van der Waals surface area contributed by atoms with Gasteiger partial charge in [-0.1, -0.05) is 42.4 Å². The largest absolute Gasteiger partial charge is 0.366 e. The predicted molar refractivity (Wildman–Crippen MR) is 131 cm³/mol. The number of halogens is 1. The third-order valence-corrected chi connectivity index (χ3v) is 5.46. The minimum absolute atomic E-state index is 0.247. The Balaban J connectivity index is 1.68. The van der Waals surface area contributed by atoms with Crippen LogP contribution in [0.3, 0.4) is 0 Å². The fourth-order valence-electron chi connectivity index (χ4n) is 3.32. The molecule has 0 fully saturated rings.